The second-order valence-corrected chi connectivity index (χ2v) is 7.91. The largest absolute Gasteiger partial charge is 0.342 e. The van der Waals surface area contributed by atoms with E-state index in [1.807, 2.05) is 54.2 Å². The zero-order valence-corrected chi connectivity index (χ0v) is 17.0. The molecule has 6 rings (SSSR count). The second-order valence-electron chi connectivity index (χ2n) is 7.91. The van der Waals surface area contributed by atoms with Gasteiger partial charge < -0.3 is 4.90 Å². The van der Waals surface area contributed by atoms with Crippen molar-refractivity contribution in [2.24, 2.45) is 0 Å². The van der Waals surface area contributed by atoms with Crippen molar-refractivity contribution in [3.63, 3.8) is 0 Å². The van der Waals surface area contributed by atoms with Gasteiger partial charge in [-0.15, -0.1) is 10.2 Å². The molecular formula is C22H22N8. The SMILES string of the molecule is CC[C@@]12CCCN1c1nc(-n3ccnc3-c3ccccc3)ncc1-n1c(C)nnc12. The Morgan fingerprint density at radius 3 is 2.80 bits per heavy atom. The third kappa shape index (κ3) is 2.18. The minimum atomic E-state index is -0.156. The molecule has 2 aliphatic rings. The first-order chi connectivity index (χ1) is 14.7. The van der Waals surface area contributed by atoms with Gasteiger partial charge in [-0.3, -0.25) is 9.13 Å². The molecule has 30 heavy (non-hydrogen) atoms. The number of imidazole rings is 1. The van der Waals surface area contributed by atoms with Crippen LogP contribution in [0.3, 0.4) is 0 Å². The maximum atomic E-state index is 5.06. The van der Waals surface area contributed by atoms with Gasteiger partial charge in [0, 0.05) is 24.5 Å². The van der Waals surface area contributed by atoms with E-state index in [9.17, 15) is 0 Å². The number of anilines is 1. The van der Waals surface area contributed by atoms with Gasteiger partial charge in [0.15, 0.2) is 11.6 Å². The summed E-state index contributed by atoms with van der Waals surface area (Å²) in [5.41, 5.74) is 1.82. The maximum Gasteiger partial charge on any atom is 0.237 e. The Morgan fingerprint density at radius 1 is 1.10 bits per heavy atom. The Labute approximate surface area is 174 Å². The molecule has 8 heteroatoms. The van der Waals surface area contributed by atoms with Crippen LogP contribution in [0.2, 0.25) is 0 Å². The minimum Gasteiger partial charge on any atom is -0.342 e. The van der Waals surface area contributed by atoms with Crippen LogP contribution in [0.5, 0.6) is 0 Å². The molecule has 1 fully saturated rings. The van der Waals surface area contributed by atoms with Crippen LogP contribution in [0.15, 0.2) is 48.9 Å². The molecule has 1 atom stereocenters. The van der Waals surface area contributed by atoms with Crippen LogP contribution < -0.4 is 4.90 Å². The molecule has 0 saturated carbocycles. The lowest BCUT2D eigenvalue weighted by atomic mass is 9.90. The molecular weight excluding hydrogens is 376 g/mol. The van der Waals surface area contributed by atoms with E-state index in [-0.39, 0.29) is 5.54 Å². The first-order valence-electron chi connectivity index (χ1n) is 10.4. The van der Waals surface area contributed by atoms with Crippen molar-refractivity contribution in [3.05, 3.63) is 60.6 Å². The van der Waals surface area contributed by atoms with Gasteiger partial charge in [0.25, 0.3) is 0 Å². The Hall–Kier alpha value is -3.55. The summed E-state index contributed by atoms with van der Waals surface area (Å²) >= 11 is 0. The first-order valence-corrected chi connectivity index (χ1v) is 10.4. The lowest BCUT2D eigenvalue weighted by Gasteiger charge is -2.42. The van der Waals surface area contributed by atoms with E-state index in [1.165, 1.54) is 0 Å². The third-order valence-electron chi connectivity index (χ3n) is 6.44. The number of nitrogens with zero attached hydrogens (tertiary/aromatic N) is 8. The van der Waals surface area contributed by atoms with E-state index < -0.39 is 0 Å². The monoisotopic (exact) mass is 398 g/mol. The summed E-state index contributed by atoms with van der Waals surface area (Å²) in [4.78, 5) is 16.7. The summed E-state index contributed by atoms with van der Waals surface area (Å²) in [6.45, 7) is 5.17. The van der Waals surface area contributed by atoms with Crippen molar-refractivity contribution in [3.8, 4) is 23.0 Å². The molecule has 0 N–H and O–H groups in total. The average molecular weight is 398 g/mol. The Morgan fingerprint density at radius 2 is 1.97 bits per heavy atom. The molecule has 1 aromatic carbocycles. The van der Waals surface area contributed by atoms with Gasteiger partial charge in [-0.1, -0.05) is 37.3 Å². The summed E-state index contributed by atoms with van der Waals surface area (Å²) in [5, 5.41) is 8.96. The Balaban J connectivity index is 1.55. The van der Waals surface area contributed by atoms with Gasteiger partial charge in [0.1, 0.15) is 22.9 Å². The number of benzene rings is 1. The number of fused-ring (bicyclic) bond motifs is 6. The van der Waals surface area contributed by atoms with E-state index in [0.29, 0.717) is 5.95 Å². The van der Waals surface area contributed by atoms with Crippen LogP contribution in [-0.2, 0) is 5.54 Å². The van der Waals surface area contributed by atoms with Gasteiger partial charge in [-0.25, -0.2) is 9.97 Å². The minimum absolute atomic E-state index is 0.156. The van der Waals surface area contributed by atoms with E-state index in [0.717, 1.165) is 60.3 Å². The van der Waals surface area contributed by atoms with Gasteiger partial charge in [0.2, 0.25) is 5.95 Å². The highest BCUT2D eigenvalue weighted by Crippen LogP contribution is 2.49. The predicted molar refractivity (Wildman–Crippen MR) is 113 cm³/mol. The smallest absolute Gasteiger partial charge is 0.237 e. The van der Waals surface area contributed by atoms with E-state index in [2.05, 4.69) is 31.6 Å². The lowest BCUT2D eigenvalue weighted by molar-refractivity contribution is 0.381. The molecule has 1 saturated heterocycles. The fraction of sp³-hybridized carbons (Fsp3) is 0.318. The fourth-order valence-corrected chi connectivity index (χ4v) is 4.99. The van der Waals surface area contributed by atoms with Crippen LogP contribution >= 0.6 is 0 Å². The number of rotatable bonds is 3. The van der Waals surface area contributed by atoms with Gasteiger partial charge in [-0.2, -0.15) is 4.98 Å². The third-order valence-corrected chi connectivity index (χ3v) is 6.44. The number of aromatic nitrogens is 7. The van der Waals surface area contributed by atoms with Gasteiger partial charge in [-0.05, 0) is 26.2 Å². The average Bonchev–Trinajstić information content (AvgIpc) is 3.52. The highest BCUT2D eigenvalue weighted by molar-refractivity contribution is 5.65. The Kier molecular flexibility index (Phi) is 3.59. The van der Waals surface area contributed by atoms with E-state index >= 15 is 0 Å². The molecule has 0 aliphatic carbocycles. The fourth-order valence-electron chi connectivity index (χ4n) is 4.99. The molecule has 8 nitrogen and oxygen atoms in total. The number of hydrogen-bond acceptors (Lipinski definition) is 6. The van der Waals surface area contributed by atoms with Crippen molar-refractivity contribution in [1.29, 1.82) is 0 Å². The highest BCUT2D eigenvalue weighted by atomic mass is 15.4. The molecule has 3 aromatic heterocycles. The van der Waals surface area contributed by atoms with Crippen LogP contribution in [0.1, 0.15) is 37.8 Å². The van der Waals surface area contributed by atoms with Gasteiger partial charge in [0.05, 0.1) is 6.20 Å². The topological polar surface area (TPSA) is 77.5 Å². The van der Waals surface area contributed by atoms with Crippen molar-refractivity contribution in [2.75, 3.05) is 11.4 Å². The maximum absolute atomic E-state index is 5.06. The summed E-state index contributed by atoms with van der Waals surface area (Å²) in [5.74, 6) is 4.28. The zero-order chi connectivity index (χ0) is 20.3. The van der Waals surface area contributed by atoms with Crippen LogP contribution in [0, 0.1) is 6.92 Å². The summed E-state index contributed by atoms with van der Waals surface area (Å²) < 4.78 is 4.09. The summed E-state index contributed by atoms with van der Waals surface area (Å²) in [6.07, 6.45) is 8.73. The highest BCUT2D eigenvalue weighted by Gasteiger charge is 2.50. The summed E-state index contributed by atoms with van der Waals surface area (Å²) in [7, 11) is 0. The van der Waals surface area contributed by atoms with Crippen molar-refractivity contribution in [1.82, 2.24) is 34.3 Å². The zero-order valence-electron chi connectivity index (χ0n) is 17.0. The molecule has 4 aromatic rings. The van der Waals surface area contributed by atoms with Crippen LogP contribution in [-0.4, -0.2) is 40.8 Å². The van der Waals surface area contributed by atoms with Crippen molar-refractivity contribution >= 4 is 5.82 Å². The molecule has 0 amide bonds. The van der Waals surface area contributed by atoms with Crippen LogP contribution in [0.4, 0.5) is 5.82 Å². The predicted octanol–water partition coefficient (Wildman–Crippen LogP) is 3.44. The normalized spacial score (nSPS) is 19.5. The van der Waals surface area contributed by atoms with Crippen molar-refractivity contribution < 1.29 is 0 Å². The van der Waals surface area contributed by atoms with Crippen molar-refractivity contribution in [2.45, 2.75) is 38.6 Å². The number of aryl methyl sites for hydroxylation is 1. The molecule has 0 bridgehead atoms. The van der Waals surface area contributed by atoms with E-state index in [1.54, 1.807) is 6.20 Å². The molecule has 2 aliphatic heterocycles. The quantitative estimate of drug-likeness (QED) is 0.526. The molecule has 0 spiro atoms. The van der Waals surface area contributed by atoms with Crippen LogP contribution in [0.25, 0.3) is 23.0 Å². The Bertz CT molecular complexity index is 1240. The molecule has 0 unspecified atom stereocenters. The molecule has 5 heterocycles. The first kappa shape index (κ1) is 17.3. The standard InChI is InChI=1S/C22H22N8/c1-3-22-10-7-12-29(22)19-17(30-15(2)26-27-20(22)30)14-24-21(25-19)28-13-11-23-18(28)16-8-5-4-6-9-16/h4-6,8-9,11,13-14H,3,7,10,12H2,1-2H3/t22-/m0/s1. The lowest BCUT2D eigenvalue weighted by Crippen LogP contribution is -2.47. The molecule has 0 radical (unpaired) electrons. The molecule has 150 valence electrons. The van der Waals surface area contributed by atoms with E-state index in [4.69, 9.17) is 9.97 Å². The van der Waals surface area contributed by atoms with Gasteiger partial charge >= 0.3 is 0 Å². The summed E-state index contributed by atoms with van der Waals surface area (Å²) in [6, 6.07) is 10.1. The second kappa shape index (κ2) is 6.22. The number of hydrogen-bond donors (Lipinski definition) is 0.